The van der Waals surface area contributed by atoms with E-state index in [1.807, 2.05) is 6.92 Å². The van der Waals surface area contributed by atoms with Crippen molar-refractivity contribution >= 4 is 23.6 Å². The summed E-state index contributed by atoms with van der Waals surface area (Å²) in [6.45, 7) is 5.47. The number of Topliss-reactive ketones (excluding diaryl/α,β-unsaturated/α-hetero) is 1. The zero-order chi connectivity index (χ0) is 23.8. The summed E-state index contributed by atoms with van der Waals surface area (Å²) in [6, 6.07) is 6.08. The molecule has 0 aliphatic heterocycles. The van der Waals surface area contributed by atoms with Gasteiger partial charge in [-0.3, -0.25) is 19.2 Å². The van der Waals surface area contributed by atoms with Gasteiger partial charge >= 0.3 is 5.97 Å². The normalized spacial score (nSPS) is 11.6. The first-order valence-corrected chi connectivity index (χ1v) is 10.6. The van der Waals surface area contributed by atoms with Crippen LogP contribution in [-0.2, 0) is 30.4 Å². The molecule has 0 aliphatic carbocycles. The number of likely N-dealkylation sites (N-methyl/N-ethyl adjacent to an activating group) is 1. The van der Waals surface area contributed by atoms with E-state index >= 15 is 0 Å². The number of aliphatic carboxylic acids is 1. The van der Waals surface area contributed by atoms with Crippen molar-refractivity contribution in [1.29, 1.82) is 0 Å². The number of benzene rings is 1. The maximum atomic E-state index is 12.1. The van der Waals surface area contributed by atoms with Crippen LogP contribution in [-0.4, -0.2) is 74.2 Å². The first-order valence-electron chi connectivity index (χ1n) is 10.6. The number of amides is 2. The Labute approximate surface area is 188 Å². The fourth-order valence-corrected chi connectivity index (χ4v) is 2.67. The molecule has 0 unspecified atom stereocenters. The third kappa shape index (κ3) is 12.1. The summed E-state index contributed by atoms with van der Waals surface area (Å²) in [4.78, 5) is 45.9. The van der Waals surface area contributed by atoms with Crippen molar-refractivity contribution < 1.29 is 33.8 Å². The number of ketones is 1. The van der Waals surface area contributed by atoms with Crippen molar-refractivity contribution in [2.24, 2.45) is 0 Å². The van der Waals surface area contributed by atoms with E-state index in [1.54, 1.807) is 24.3 Å². The van der Waals surface area contributed by atoms with Gasteiger partial charge in [0.2, 0.25) is 5.91 Å². The quantitative estimate of drug-likeness (QED) is 0.251. The van der Waals surface area contributed by atoms with E-state index in [9.17, 15) is 19.2 Å². The van der Waals surface area contributed by atoms with Crippen LogP contribution in [0.5, 0.6) is 0 Å². The lowest BCUT2D eigenvalue weighted by Gasteiger charge is -2.12. The first kappa shape index (κ1) is 27.2. The smallest absolute Gasteiger partial charge is 0.320 e. The van der Waals surface area contributed by atoms with Crippen LogP contribution in [0.25, 0.3) is 0 Å². The van der Waals surface area contributed by atoms with Gasteiger partial charge in [0, 0.05) is 25.1 Å². The molecular formula is C22H33N3O7. The predicted molar refractivity (Wildman–Crippen MR) is 117 cm³/mol. The summed E-state index contributed by atoms with van der Waals surface area (Å²) >= 11 is 0. The number of carbonyl (C=O) groups excluding carboxylic acids is 3. The first-order chi connectivity index (χ1) is 15.3. The number of carboxylic acid groups (broad SMARTS) is 1. The molecule has 1 atom stereocenters. The minimum absolute atomic E-state index is 0.0421. The van der Waals surface area contributed by atoms with Gasteiger partial charge in [-0.15, -0.1) is 0 Å². The standard InChI is InChI=1S/C22H33N3O7/c1-3-23-19(22(29)30)8-9-20(27)25-14-17-4-6-18(7-5-17)21(28)24-10-11-31-12-13-32-15-16(2)26/h4-7,19,23H,3,8-15H2,1-2H3,(H,24,28)(H,25,27)(H,29,30)/t19-/m0/s1. The Morgan fingerprint density at radius 1 is 1.00 bits per heavy atom. The molecule has 0 heterocycles. The van der Waals surface area contributed by atoms with Crippen molar-refractivity contribution in [1.82, 2.24) is 16.0 Å². The number of rotatable bonds is 17. The van der Waals surface area contributed by atoms with Crippen LogP contribution < -0.4 is 16.0 Å². The third-order valence-electron chi connectivity index (χ3n) is 4.32. The van der Waals surface area contributed by atoms with Crippen molar-refractivity contribution in [2.75, 3.05) is 39.5 Å². The van der Waals surface area contributed by atoms with Crippen LogP contribution in [0.4, 0.5) is 0 Å². The Kier molecular flexibility index (Phi) is 13.5. The van der Waals surface area contributed by atoms with Gasteiger partial charge in [0.25, 0.3) is 5.91 Å². The fraction of sp³-hybridized carbons (Fsp3) is 0.545. The Hall–Kier alpha value is -2.82. The minimum atomic E-state index is -0.973. The monoisotopic (exact) mass is 451 g/mol. The van der Waals surface area contributed by atoms with Crippen molar-refractivity contribution in [3.05, 3.63) is 35.4 Å². The summed E-state index contributed by atoms with van der Waals surface area (Å²) in [7, 11) is 0. The maximum absolute atomic E-state index is 12.1. The fourth-order valence-electron chi connectivity index (χ4n) is 2.67. The highest BCUT2D eigenvalue weighted by atomic mass is 16.5. The SMILES string of the molecule is CCN[C@@H](CCC(=O)NCc1ccc(C(=O)NCCOCCOCC(C)=O)cc1)C(=O)O. The molecular weight excluding hydrogens is 418 g/mol. The molecule has 0 saturated heterocycles. The number of hydrogen-bond donors (Lipinski definition) is 4. The van der Waals surface area contributed by atoms with Gasteiger partial charge in [-0.25, -0.2) is 0 Å². The molecule has 0 saturated carbocycles. The van der Waals surface area contributed by atoms with Gasteiger partial charge in [0.1, 0.15) is 12.6 Å². The second kappa shape index (κ2) is 15.9. The van der Waals surface area contributed by atoms with E-state index in [2.05, 4.69) is 16.0 Å². The zero-order valence-electron chi connectivity index (χ0n) is 18.6. The van der Waals surface area contributed by atoms with Gasteiger partial charge < -0.3 is 30.5 Å². The molecule has 2 amide bonds. The number of hydrogen-bond acceptors (Lipinski definition) is 7. The summed E-state index contributed by atoms with van der Waals surface area (Å²) in [5.74, 6) is -1.49. The average Bonchev–Trinajstić information content (AvgIpc) is 2.76. The van der Waals surface area contributed by atoms with Crippen LogP contribution in [0, 0.1) is 0 Å². The van der Waals surface area contributed by atoms with E-state index in [-0.39, 0.29) is 37.0 Å². The van der Waals surface area contributed by atoms with E-state index in [0.717, 1.165) is 5.56 Å². The Balaban J connectivity index is 2.25. The molecule has 0 spiro atoms. The second-order valence-corrected chi connectivity index (χ2v) is 7.08. The number of carbonyl (C=O) groups is 4. The number of ether oxygens (including phenoxy) is 2. The van der Waals surface area contributed by atoms with Crippen LogP contribution >= 0.6 is 0 Å². The van der Waals surface area contributed by atoms with Crippen molar-refractivity contribution in [2.45, 2.75) is 39.3 Å². The van der Waals surface area contributed by atoms with E-state index in [0.29, 0.717) is 45.0 Å². The molecule has 0 fully saturated rings. The summed E-state index contributed by atoms with van der Waals surface area (Å²) < 4.78 is 10.4. The highest BCUT2D eigenvalue weighted by Gasteiger charge is 2.17. The molecule has 0 aromatic heterocycles. The Bertz CT molecular complexity index is 738. The van der Waals surface area contributed by atoms with Gasteiger partial charge in [-0.05, 0) is 37.6 Å². The molecule has 0 bridgehead atoms. The molecule has 4 N–H and O–H groups in total. The van der Waals surface area contributed by atoms with Crippen LogP contribution in [0.1, 0.15) is 42.6 Å². The molecule has 178 valence electrons. The van der Waals surface area contributed by atoms with Crippen LogP contribution in [0.3, 0.4) is 0 Å². The van der Waals surface area contributed by atoms with Crippen LogP contribution in [0.2, 0.25) is 0 Å². The molecule has 32 heavy (non-hydrogen) atoms. The highest BCUT2D eigenvalue weighted by molar-refractivity contribution is 5.94. The second-order valence-electron chi connectivity index (χ2n) is 7.08. The van der Waals surface area contributed by atoms with Gasteiger partial charge in [-0.1, -0.05) is 19.1 Å². The largest absolute Gasteiger partial charge is 0.480 e. The summed E-state index contributed by atoms with van der Waals surface area (Å²) in [5.41, 5.74) is 1.31. The van der Waals surface area contributed by atoms with Gasteiger partial charge in [0.05, 0.1) is 19.8 Å². The van der Waals surface area contributed by atoms with E-state index < -0.39 is 12.0 Å². The van der Waals surface area contributed by atoms with Crippen molar-refractivity contribution in [3.63, 3.8) is 0 Å². The van der Waals surface area contributed by atoms with E-state index in [1.165, 1.54) is 6.92 Å². The average molecular weight is 452 g/mol. The molecule has 10 heteroatoms. The van der Waals surface area contributed by atoms with Gasteiger partial charge in [-0.2, -0.15) is 0 Å². The molecule has 0 radical (unpaired) electrons. The minimum Gasteiger partial charge on any atom is -0.480 e. The number of carboxylic acids is 1. The molecule has 1 aromatic rings. The van der Waals surface area contributed by atoms with Crippen LogP contribution in [0.15, 0.2) is 24.3 Å². The molecule has 0 aliphatic rings. The zero-order valence-corrected chi connectivity index (χ0v) is 18.6. The lowest BCUT2D eigenvalue weighted by molar-refractivity contribution is -0.139. The number of nitrogens with one attached hydrogen (secondary N) is 3. The maximum Gasteiger partial charge on any atom is 0.320 e. The lowest BCUT2D eigenvalue weighted by atomic mass is 10.1. The lowest BCUT2D eigenvalue weighted by Crippen LogP contribution is -2.37. The Morgan fingerprint density at radius 2 is 1.69 bits per heavy atom. The summed E-state index contributed by atoms with van der Waals surface area (Å²) in [5, 5.41) is 17.4. The van der Waals surface area contributed by atoms with Crippen molar-refractivity contribution in [3.8, 4) is 0 Å². The highest BCUT2D eigenvalue weighted by Crippen LogP contribution is 2.05. The predicted octanol–water partition coefficient (Wildman–Crippen LogP) is 0.498. The topological polar surface area (TPSA) is 143 Å². The van der Waals surface area contributed by atoms with E-state index in [4.69, 9.17) is 14.6 Å². The summed E-state index contributed by atoms with van der Waals surface area (Å²) in [6.07, 6.45) is 0.318. The third-order valence-corrected chi connectivity index (χ3v) is 4.32. The molecule has 1 aromatic carbocycles. The molecule has 10 nitrogen and oxygen atoms in total. The Morgan fingerprint density at radius 3 is 2.31 bits per heavy atom. The van der Waals surface area contributed by atoms with Gasteiger partial charge in [0.15, 0.2) is 5.78 Å². The molecule has 1 rings (SSSR count).